The summed E-state index contributed by atoms with van der Waals surface area (Å²) in [6.07, 6.45) is 0. The topological polar surface area (TPSA) is 56.8 Å². The van der Waals surface area contributed by atoms with Gasteiger partial charge in [0.1, 0.15) is 24.2 Å². The Balaban J connectivity index is 1.32. The molecule has 0 amide bonds. The van der Waals surface area contributed by atoms with E-state index in [-0.39, 0.29) is 0 Å². The number of nitriles is 1. The number of anilines is 1. The van der Waals surface area contributed by atoms with Crippen molar-refractivity contribution in [3.05, 3.63) is 70.7 Å². The second kappa shape index (κ2) is 8.70. The van der Waals surface area contributed by atoms with Crippen LogP contribution in [-0.2, 0) is 0 Å². The average molecular weight is 446 g/mol. The zero-order valence-electron chi connectivity index (χ0n) is 18.0. The fourth-order valence-corrected chi connectivity index (χ4v) is 4.45. The summed E-state index contributed by atoms with van der Waals surface area (Å²) in [5, 5.41) is 10.4. The number of hydrogen-bond acceptors (Lipinski definition) is 5. The monoisotopic (exact) mass is 445 g/mol. The van der Waals surface area contributed by atoms with Gasteiger partial charge in [-0.1, -0.05) is 23.7 Å². The number of halogens is 1. The van der Waals surface area contributed by atoms with Gasteiger partial charge in [-0.2, -0.15) is 5.26 Å². The first-order valence-electron chi connectivity index (χ1n) is 10.8. The highest BCUT2D eigenvalue weighted by atomic mass is 35.5. The summed E-state index contributed by atoms with van der Waals surface area (Å²) in [6, 6.07) is 20.0. The van der Waals surface area contributed by atoms with Crippen molar-refractivity contribution >= 4 is 34.1 Å². The van der Waals surface area contributed by atoms with Crippen molar-refractivity contribution in [2.24, 2.45) is 0 Å². The van der Waals surface area contributed by atoms with Crippen LogP contribution < -0.4 is 9.64 Å². The summed E-state index contributed by atoms with van der Waals surface area (Å²) >= 11 is 5.93. The van der Waals surface area contributed by atoms with Crippen LogP contribution in [0.3, 0.4) is 0 Å². The lowest BCUT2D eigenvalue weighted by Crippen LogP contribution is -2.48. The van der Waals surface area contributed by atoms with Crippen LogP contribution in [0.5, 0.6) is 5.75 Å². The maximum absolute atomic E-state index is 9.71. The number of ether oxygens (including phenoxy) is 1. The standard InChI is InChI=1S/C25H24ClN5O/c1-18-16-24(31-23-5-3-2-4-22(23)28-25(31)21(18)17-27)30-12-10-29(11-13-30)14-15-32-20-8-6-19(26)7-9-20/h2-9,16H,10-15H2,1H3. The molecule has 7 heteroatoms. The molecule has 1 saturated heterocycles. The summed E-state index contributed by atoms with van der Waals surface area (Å²) < 4.78 is 7.99. The van der Waals surface area contributed by atoms with Crippen LogP contribution in [0, 0.1) is 18.3 Å². The van der Waals surface area contributed by atoms with E-state index in [1.165, 1.54) is 0 Å². The summed E-state index contributed by atoms with van der Waals surface area (Å²) in [7, 11) is 0. The van der Waals surface area contributed by atoms with Crippen molar-refractivity contribution in [3.8, 4) is 11.8 Å². The number of rotatable bonds is 5. The molecule has 3 heterocycles. The third-order valence-electron chi connectivity index (χ3n) is 6.05. The van der Waals surface area contributed by atoms with Crippen molar-refractivity contribution < 1.29 is 4.74 Å². The van der Waals surface area contributed by atoms with E-state index in [9.17, 15) is 5.26 Å². The number of benzene rings is 2. The van der Waals surface area contributed by atoms with Crippen molar-refractivity contribution in [1.29, 1.82) is 5.26 Å². The number of aryl methyl sites for hydroxylation is 1. The lowest BCUT2D eigenvalue weighted by molar-refractivity contribution is 0.200. The molecule has 1 fully saturated rings. The Hall–Kier alpha value is -3.27. The maximum Gasteiger partial charge on any atom is 0.157 e. The van der Waals surface area contributed by atoms with E-state index in [1.54, 1.807) is 0 Å². The quantitative estimate of drug-likeness (QED) is 0.452. The molecule has 32 heavy (non-hydrogen) atoms. The third kappa shape index (κ3) is 3.86. The molecule has 5 rings (SSSR count). The van der Waals surface area contributed by atoms with Crippen LogP contribution in [0.2, 0.25) is 5.02 Å². The first-order valence-corrected chi connectivity index (χ1v) is 11.2. The molecule has 1 aliphatic heterocycles. The molecule has 0 atom stereocenters. The Morgan fingerprint density at radius 3 is 2.56 bits per heavy atom. The predicted molar refractivity (Wildman–Crippen MR) is 128 cm³/mol. The molecular weight excluding hydrogens is 422 g/mol. The van der Waals surface area contributed by atoms with Crippen LogP contribution in [-0.4, -0.2) is 53.6 Å². The molecular formula is C25H24ClN5O. The van der Waals surface area contributed by atoms with Crippen molar-refractivity contribution in [2.45, 2.75) is 6.92 Å². The van der Waals surface area contributed by atoms with E-state index in [0.29, 0.717) is 17.2 Å². The molecule has 2 aromatic heterocycles. The molecule has 162 valence electrons. The average Bonchev–Trinajstić information content (AvgIpc) is 3.20. The number of pyridine rings is 1. The van der Waals surface area contributed by atoms with E-state index in [1.807, 2.05) is 49.4 Å². The Labute approximate surface area is 192 Å². The minimum atomic E-state index is 0.642. The highest BCUT2D eigenvalue weighted by molar-refractivity contribution is 6.30. The van der Waals surface area contributed by atoms with Crippen LogP contribution in [0.15, 0.2) is 54.6 Å². The molecule has 4 aromatic rings. The Morgan fingerprint density at radius 2 is 1.81 bits per heavy atom. The number of nitrogens with zero attached hydrogens (tertiary/aromatic N) is 5. The van der Waals surface area contributed by atoms with E-state index in [0.717, 1.165) is 66.5 Å². The molecule has 1 aliphatic rings. The van der Waals surface area contributed by atoms with Gasteiger partial charge in [0.15, 0.2) is 5.65 Å². The lowest BCUT2D eigenvalue weighted by Gasteiger charge is -2.36. The minimum absolute atomic E-state index is 0.642. The molecule has 0 radical (unpaired) electrons. The van der Waals surface area contributed by atoms with E-state index in [4.69, 9.17) is 21.3 Å². The fourth-order valence-electron chi connectivity index (χ4n) is 4.33. The van der Waals surface area contributed by atoms with Gasteiger partial charge in [-0.05, 0) is 55.0 Å². The second-order valence-corrected chi connectivity index (χ2v) is 8.50. The van der Waals surface area contributed by atoms with Gasteiger partial charge < -0.3 is 9.64 Å². The van der Waals surface area contributed by atoms with E-state index >= 15 is 0 Å². The molecule has 0 unspecified atom stereocenters. The van der Waals surface area contributed by atoms with Crippen molar-refractivity contribution in [3.63, 3.8) is 0 Å². The number of hydrogen-bond donors (Lipinski definition) is 0. The molecule has 0 N–H and O–H groups in total. The Bertz CT molecular complexity index is 1300. The van der Waals surface area contributed by atoms with Gasteiger partial charge >= 0.3 is 0 Å². The fraction of sp³-hybridized carbons (Fsp3) is 0.280. The smallest absolute Gasteiger partial charge is 0.157 e. The van der Waals surface area contributed by atoms with Crippen LogP contribution in [0.4, 0.5) is 5.82 Å². The predicted octanol–water partition coefficient (Wildman–Crippen LogP) is 4.52. The zero-order valence-corrected chi connectivity index (χ0v) is 18.7. The van der Waals surface area contributed by atoms with Gasteiger partial charge in [0.2, 0.25) is 0 Å². The number of imidazole rings is 1. The van der Waals surface area contributed by atoms with Crippen LogP contribution in [0.1, 0.15) is 11.1 Å². The van der Waals surface area contributed by atoms with Crippen molar-refractivity contribution in [2.75, 3.05) is 44.2 Å². The summed E-state index contributed by atoms with van der Waals surface area (Å²) in [6.45, 7) is 7.25. The van der Waals surface area contributed by atoms with Gasteiger partial charge in [0, 0.05) is 37.7 Å². The summed E-state index contributed by atoms with van der Waals surface area (Å²) in [5.74, 6) is 1.94. The van der Waals surface area contributed by atoms with Crippen LogP contribution in [0.25, 0.3) is 16.7 Å². The summed E-state index contributed by atoms with van der Waals surface area (Å²) in [4.78, 5) is 9.59. The molecule has 0 aliphatic carbocycles. The van der Waals surface area contributed by atoms with Gasteiger partial charge in [0.05, 0.1) is 16.6 Å². The minimum Gasteiger partial charge on any atom is -0.492 e. The molecule has 6 nitrogen and oxygen atoms in total. The normalized spacial score (nSPS) is 14.7. The molecule has 0 spiro atoms. The third-order valence-corrected chi connectivity index (χ3v) is 6.30. The molecule has 0 bridgehead atoms. The van der Waals surface area contributed by atoms with Crippen LogP contribution >= 0.6 is 11.6 Å². The highest BCUT2D eigenvalue weighted by Crippen LogP contribution is 2.29. The van der Waals surface area contributed by atoms with E-state index in [2.05, 4.69) is 32.4 Å². The number of para-hydroxylation sites is 2. The Kier molecular flexibility index (Phi) is 5.60. The Morgan fingerprint density at radius 1 is 1.06 bits per heavy atom. The van der Waals surface area contributed by atoms with E-state index < -0.39 is 0 Å². The molecule has 2 aromatic carbocycles. The molecule has 0 saturated carbocycles. The van der Waals surface area contributed by atoms with Gasteiger partial charge in [-0.3, -0.25) is 9.30 Å². The highest BCUT2D eigenvalue weighted by Gasteiger charge is 2.22. The number of fused-ring (bicyclic) bond motifs is 3. The second-order valence-electron chi connectivity index (χ2n) is 8.06. The first kappa shape index (κ1) is 20.6. The SMILES string of the molecule is Cc1cc(N2CCN(CCOc3ccc(Cl)cc3)CC2)n2c(nc3ccccc32)c1C#N. The zero-order chi connectivity index (χ0) is 22.1. The number of aromatic nitrogens is 2. The first-order chi connectivity index (χ1) is 15.6. The van der Waals surface area contributed by atoms with Crippen molar-refractivity contribution in [1.82, 2.24) is 14.3 Å². The number of piperazine rings is 1. The van der Waals surface area contributed by atoms with Gasteiger partial charge in [-0.15, -0.1) is 0 Å². The maximum atomic E-state index is 9.71. The summed E-state index contributed by atoms with van der Waals surface area (Å²) in [5.41, 5.74) is 4.29. The van der Waals surface area contributed by atoms with Gasteiger partial charge in [-0.25, -0.2) is 4.98 Å². The van der Waals surface area contributed by atoms with Gasteiger partial charge in [0.25, 0.3) is 0 Å². The lowest BCUT2D eigenvalue weighted by atomic mass is 10.1. The largest absolute Gasteiger partial charge is 0.492 e.